The molecule has 1 amide bonds. The molecule has 2 unspecified atom stereocenters. The Hall–Kier alpha value is -3.85. The van der Waals surface area contributed by atoms with Crippen LogP contribution in [0.3, 0.4) is 0 Å². The van der Waals surface area contributed by atoms with E-state index in [4.69, 9.17) is 4.74 Å². The molecule has 1 saturated heterocycles. The second-order valence-corrected chi connectivity index (χ2v) is 10.3. The first-order valence-electron chi connectivity index (χ1n) is 13.2. The van der Waals surface area contributed by atoms with Crippen molar-refractivity contribution in [3.8, 4) is 6.07 Å². The first kappa shape index (κ1) is 28.2. The Morgan fingerprint density at radius 1 is 1.31 bits per heavy atom. The lowest BCUT2D eigenvalue weighted by molar-refractivity contribution is 0.102. The molecular formula is C28H36N8O3. The third-order valence-corrected chi connectivity index (χ3v) is 6.74. The fourth-order valence-electron chi connectivity index (χ4n) is 5.08. The van der Waals surface area contributed by atoms with E-state index < -0.39 is 5.91 Å². The zero-order chi connectivity index (χ0) is 28.1. The molecular weight excluding hydrogens is 496 g/mol. The van der Waals surface area contributed by atoms with Gasteiger partial charge in [-0.25, -0.2) is 9.97 Å². The lowest BCUT2D eigenvalue weighted by Crippen LogP contribution is -2.53. The van der Waals surface area contributed by atoms with Crippen LogP contribution in [0.25, 0.3) is 11.0 Å². The average molecular weight is 533 g/mol. The van der Waals surface area contributed by atoms with Gasteiger partial charge in [0.05, 0.1) is 28.9 Å². The van der Waals surface area contributed by atoms with Crippen molar-refractivity contribution < 1.29 is 14.3 Å². The summed E-state index contributed by atoms with van der Waals surface area (Å²) in [6.45, 7) is 11.7. The number of anilines is 2. The van der Waals surface area contributed by atoms with Crippen LogP contribution in [0.4, 0.5) is 11.5 Å². The molecule has 4 rings (SSSR count). The molecule has 39 heavy (non-hydrogen) atoms. The van der Waals surface area contributed by atoms with Crippen molar-refractivity contribution in [2.75, 3.05) is 44.0 Å². The maximum atomic E-state index is 13.5. The fourth-order valence-corrected chi connectivity index (χ4v) is 5.08. The molecule has 3 aromatic heterocycles. The second kappa shape index (κ2) is 12.3. The number of rotatable bonds is 10. The van der Waals surface area contributed by atoms with Crippen LogP contribution in [0, 0.1) is 11.3 Å². The number of hydrogen-bond donors (Lipinski definition) is 3. The summed E-state index contributed by atoms with van der Waals surface area (Å²) in [5, 5.41) is 18.9. The molecule has 4 heterocycles. The van der Waals surface area contributed by atoms with E-state index in [1.807, 2.05) is 24.5 Å². The van der Waals surface area contributed by atoms with Gasteiger partial charge in [-0.15, -0.1) is 0 Å². The molecule has 0 radical (unpaired) electrons. The molecule has 11 heteroatoms. The number of nitrogens with one attached hydrogen (secondary N) is 3. The van der Waals surface area contributed by atoms with Crippen LogP contribution in [-0.4, -0.2) is 77.1 Å². The summed E-state index contributed by atoms with van der Waals surface area (Å²) >= 11 is 0. The molecule has 0 saturated carbocycles. The highest BCUT2D eigenvalue weighted by molar-refractivity contribution is 6.12. The summed E-state index contributed by atoms with van der Waals surface area (Å²) < 4.78 is 7.06. The summed E-state index contributed by atoms with van der Waals surface area (Å²) in [5.41, 5.74) is 3.68. The highest BCUT2D eigenvalue weighted by atomic mass is 16.5. The Bertz CT molecular complexity index is 1380. The highest BCUT2D eigenvalue weighted by Crippen LogP contribution is 2.27. The molecule has 1 fully saturated rings. The van der Waals surface area contributed by atoms with E-state index in [0.717, 1.165) is 30.5 Å². The Morgan fingerprint density at radius 2 is 2.05 bits per heavy atom. The number of pyridine rings is 2. The van der Waals surface area contributed by atoms with Crippen LogP contribution in [-0.2, 0) is 11.3 Å². The maximum absolute atomic E-state index is 13.5. The van der Waals surface area contributed by atoms with E-state index in [0.29, 0.717) is 65.6 Å². The van der Waals surface area contributed by atoms with Crippen LogP contribution >= 0.6 is 0 Å². The van der Waals surface area contributed by atoms with E-state index in [2.05, 4.69) is 50.7 Å². The largest absolute Gasteiger partial charge is 0.383 e. The summed E-state index contributed by atoms with van der Waals surface area (Å²) in [6, 6.07) is 6.47. The molecule has 1 aliphatic rings. The number of carbonyl (C=O) groups excluding carboxylic acids is 2. The molecule has 1 aliphatic heterocycles. The smallest absolute Gasteiger partial charge is 0.260 e. The van der Waals surface area contributed by atoms with E-state index >= 15 is 0 Å². The first-order valence-corrected chi connectivity index (χ1v) is 13.2. The van der Waals surface area contributed by atoms with Gasteiger partial charge in [-0.3, -0.25) is 14.5 Å². The molecule has 11 nitrogen and oxygen atoms in total. The van der Waals surface area contributed by atoms with Gasteiger partial charge in [-0.2, -0.15) is 5.26 Å². The Kier molecular flexibility index (Phi) is 8.91. The van der Waals surface area contributed by atoms with Crippen LogP contribution < -0.4 is 16.0 Å². The van der Waals surface area contributed by atoms with Crippen LogP contribution in [0.2, 0.25) is 0 Å². The van der Waals surface area contributed by atoms with Gasteiger partial charge in [0.1, 0.15) is 23.1 Å². The minimum atomic E-state index is -0.402. The number of amides is 1. The van der Waals surface area contributed by atoms with Crippen molar-refractivity contribution in [1.82, 2.24) is 24.8 Å². The molecule has 3 N–H and O–H groups in total. The number of nitrogens with zero attached hydrogens (tertiary/aromatic N) is 5. The van der Waals surface area contributed by atoms with Gasteiger partial charge < -0.3 is 25.3 Å². The third-order valence-electron chi connectivity index (χ3n) is 6.74. The molecule has 206 valence electrons. The molecule has 3 aromatic rings. The SMILES string of the molecule is COCCNc1cc(NC(=O)c2cn(C(C)C)c3cc(CN4CC(C)NC(C)C4)c(C=O)nc23)ncc1C#N. The van der Waals surface area contributed by atoms with Crippen molar-refractivity contribution in [3.63, 3.8) is 0 Å². The van der Waals surface area contributed by atoms with Crippen molar-refractivity contribution in [2.24, 2.45) is 0 Å². The van der Waals surface area contributed by atoms with Crippen molar-refractivity contribution >= 4 is 34.7 Å². The zero-order valence-corrected chi connectivity index (χ0v) is 23.1. The summed E-state index contributed by atoms with van der Waals surface area (Å²) in [4.78, 5) is 36.8. The van der Waals surface area contributed by atoms with Crippen LogP contribution in [0.15, 0.2) is 24.5 Å². The third kappa shape index (κ3) is 6.42. The lowest BCUT2D eigenvalue weighted by atomic mass is 10.1. The van der Waals surface area contributed by atoms with E-state index in [9.17, 15) is 14.9 Å². The number of aldehydes is 1. The minimum Gasteiger partial charge on any atom is -0.383 e. The van der Waals surface area contributed by atoms with Crippen LogP contribution in [0.1, 0.15) is 65.7 Å². The summed E-state index contributed by atoms with van der Waals surface area (Å²) in [6.07, 6.45) is 3.94. The lowest BCUT2D eigenvalue weighted by Gasteiger charge is -2.36. The monoisotopic (exact) mass is 532 g/mol. The molecule has 2 atom stereocenters. The Balaban J connectivity index is 1.66. The Labute approximate surface area is 228 Å². The molecule has 0 bridgehead atoms. The fraction of sp³-hybridized carbons (Fsp3) is 0.464. The molecule has 0 aromatic carbocycles. The predicted molar refractivity (Wildman–Crippen MR) is 150 cm³/mol. The molecule has 0 spiro atoms. The van der Waals surface area contributed by atoms with Gasteiger partial charge >= 0.3 is 0 Å². The quantitative estimate of drug-likeness (QED) is 0.265. The number of ether oxygens (including phenoxy) is 1. The number of fused-ring (bicyclic) bond motifs is 1. The number of hydrogen-bond acceptors (Lipinski definition) is 9. The Morgan fingerprint density at radius 3 is 2.69 bits per heavy atom. The van der Waals surface area contributed by atoms with Crippen LogP contribution in [0.5, 0.6) is 0 Å². The van der Waals surface area contributed by atoms with E-state index in [-0.39, 0.29) is 6.04 Å². The van der Waals surface area contributed by atoms with Crippen molar-refractivity contribution in [2.45, 2.75) is 52.4 Å². The number of methoxy groups -OCH3 is 1. The van der Waals surface area contributed by atoms with Gasteiger partial charge in [-0.1, -0.05) is 0 Å². The number of nitriles is 1. The standard InChI is InChI=1S/C28H36N8O3/c1-17(2)36-15-22(28(38)34-26-9-23(30-6-7-39-5)21(10-29)11-31-26)27-25(36)8-20(24(16-37)33-27)14-35-12-18(3)32-19(4)13-35/h8-9,11,15-19,32H,6-7,12-14H2,1-5H3,(H2,30,31,34,38). The van der Waals surface area contributed by atoms with Crippen molar-refractivity contribution in [1.29, 1.82) is 5.26 Å². The van der Waals surface area contributed by atoms with E-state index in [1.54, 1.807) is 19.4 Å². The van der Waals surface area contributed by atoms with E-state index in [1.165, 1.54) is 6.20 Å². The van der Waals surface area contributed by atoms with Crippen molar-refractivity contribution in [3.05, 3.63) is 46.9 Å². The number of piperazine rings is 1. The number of aromatic nitrogens is 3. The zero-order valence-electron chi connectivity index (χ0n) is 23.1. The van der Waals surface area contributed by atoms with Gasteiger partial charge in [-0.05, 0) is 39.3 Å². The van der Waals surface area contributed by atoms with Gasteiger partial charge in [0.25, 0.3) is 5.91 Å². The normalized spacial score (nSPS) is 17.8. The number of carbonyl (C=O) groups is 2. The van der Waals surface area contributed by atoms with Gasteiger partial charge in [0.2, 0.25) is 0 Å². The second-order valence-electron chi connectivity index (χ2n) is 10.3. The van der Waals surface area contributed by atoms with Gasteiger partial charge in [0.15, 0.2) is 6.29 Å². The molecule has 0 aliphatic carbocycles. The highest BCUT2D eigenvalue weighted by Gasteiger charge is 2.24. The first-order chi connectivity index (χ1) is 18.7. The van der Waals surface area contributed by atoms with Gasteiger partial charge in [0, 0.05) is 69.9 Å². The summed E-state index contributed by atoms with van der Waals surface area (Å²) in [7, 11) is 1.60. The maximum Gasteiger partial charge on any atom is 0.260 e. The average Bonchev–Trinajstić information content (AvgIpc) is 3.27. The minimum absolute atomic E-state index is 0.0645. The topological polar surface area (TPSA) is 137 Å². The predicted octanol–water partition coefficient (Wildman–Crippen LogP) is 3.19. The summed E-state index contributed by atoms with van der Waals surface area (Å²) in [5.74, 6) is -0.111.